The highest BCUT2D eigenvalue weighted by Gasteiger charge is 2.48. The summed E-state index contributed by atoms with van der Waals surface area (Å²) in [7, 11) is 0. The molecule has 0 radical (unpaired) electrons. The van der Waals surface area contributed by atoms with Gasteiger partial charge in [0.15, 0.2) is 0 Å². The van der Waals surface area contributed by atoms with Crippen LogP contribution < -0.4 is 0 Å². The molecule has 39 heavy (non-hydrogen) atoms. The number of rotatable bonds is 10. The first-order chi connectivity index (χ1) is 18.9. The molecule has 0 saturated carbocycles. The Bertz CT molecular complexity index is 1260. The highest BCUT2D eigenvalue weighted by atomic mass is 35.5. The minimum atomic E-state index is -0.782. The number of esters is 1. The minimum Gasteiger partial charge on any atom is -0.464 e. The Morgan fingerprint density at radius 3 is 2.13 bits per heavy atom. The van der Waals surface area contributed by atoms with E-state index in [-0.39, 0.29) is 12.5 Å². The number of carbonyl (C=O) groups excluding carboxylic acids is 2. The second-order valence-electron chi connectivity index (χ2n) is 9.77. The van der Waals surface area contributed by atoms with Crippen molar-refractivity contribution in [1.29, 1.82) is 0 Å². The van der Waals surface area contributed by atoms with E-state index in [2.05, 4.69) is 19.1 Å². The van der Waals surface area contributed by atoms with Crippen LogP contribution in [0.2, 0.25) is 10.0 Å². The van der Waals surface area contributed by atoms with Crippen molar-refractivity contribution in [2.24, 2.45) is 0 Å². The molecular weight excluding hydrogens is 533 g/mol. The molecule has 1 heterocycles. The molecule has 206 valence electrons. The second kappa shape index (κ2) is 13.5. The predicted octanol–water partition coefficient (Wildman–Crippen LogP) is 7.54. The number of morpholine rings is 1. The molecule has 3 aromatic carbocycles. The van der Waals surface area contributed by atoms with Gasteiger partial charge in [-0.05, 0) is 66.3 Å². The van der Waals surface area contributed by atoms with Crippen LogP contribution in [0.1, 0.15) is 68.0 Å². The minimum absolute atomic E-state index is 0.228. The van der Waals surface area contributed by atoms with Crippen molar-refractivity contribution in [2.45, 2.75) is 70.7 Å². The van der Waals surface area contributed by atoms with E-state index in [4.69, 9.17) is 32.7 Å². The number of aryl methyl sites for hydroxylation is 1. The van der Waals surface area contributed by atoms with Crippen LogP contribution in [0.4, 0.5) is 0 Å². The first-order valence-corrected chi connectivity index (χ1v) is 14.3. The molecule has 3 aromatic rings. The molecule has 1 saturated heterocycles. The van der Waals surface area contributed by atoms with E-state index in [0.29, 0.717) is 29.3 Å². The summed E-state index contributed by atoms with van der Waals surface area (Å²) in [4.78, 5) is 29.4. The number of benzene rings is 3. The summed E-state index contributed by atoms with van der Waals surface area (Å²) in [6.45, 7) is 6.11. The molecule has 0 aromatic heterocycles. The van der Waals surface area contributed by atoms with Gasteiger partial charge in [-0.25, -0.2) is 4.79 Å². The molecular formula is C32H35Cl2NO4. The number of amides is 1. The summed E-state index contributed by atoms with van der Waals surface area (Å²) in [6.07, 6.45) is 1.13. The van der Waals surface area contributed by atoms with Crippen LogP contribution in [0.5, 0.6) is 0 Å². The van der Waals surface area contributed by atoms with Gasteiger partial charge in [0.25, 0.3) is 5.91 Å². The van der Waals surface area contributed by atoms with Crippen LogP contribution in [-0.2, 0) is 31.9 Å². The van der Waals surface area contributed by atoms with Gasteiger partial charge in [-0.1, -0.05) is 92.0 Å². The standard InChI is InChI=1S/C32H35Cl2NO4/c1-4-8-27(32(37)38-6-3)35-29(23-11-15-25(33)16-12-23)30(24-13-17-26(34)18-14-24)39-28(31(35)36)20-22-10-7-9-21(5-2)19-22/h7,9-19,27-30H,4-6,8,20H2,1-3H3. The summed E-state index contributed by atoms with van der Waals surface area (Å²) in [5, 5.41) is 1.19. The van der Waals surface area contributed by atoms with Crippen LogP contribution in [-0.4, -0.2) is 35.5 Å². The van der Waals surface area contributed by atoms with Gasteiger partial charge in [-0.2, -0.15) is 0 Å². The van der Waals surface area contributed by atoms with Crippen molar-refractivity contribution in [3.8, 4) is 0 Å². The quantitative estimate of drug-likeness (QED) is 0.237. The zero-order valence-corrected chi connectivity index (χ0v) is 24.1. The largest absolute Gasteiger partial charge is 0.464 e. The fourth-order valence-electron chi connectivity index (χ4n) is 5.22. The number of hydrogen-bond donors (Lipinski definition) is 0. The van der Waals surface area contributed by atoms with Crippen molar-refractivity contribution >= 4 is 35.1 Å². The van der Waals surface area contributed by atoms with Gasteiger partial charge >= 0.3 is 5.97 Å². The van der Waals surface area contributed by atoms with Crippen molar-refractivity contribution in [2.75, 3.05) is 6.61 Å². The van der Waals surface area contributed by atoms with Crippen LogP contribution >= 0.6 is 23.2 Å². The highest BCUT2D eigenvalue weighted by molar-refractivity contribution is 6.30. The van der Waals surface area contributed by atoms with Gasteiger partial charge in [0.1, 0.15) is 18.2 Å². The SMILES string of the molecule is CCCC(C(=O)OCC)N1C(=O)C(Cc2cccc(CC)c2)OC(c2ccc(Cl)cc2)C1c1ccc(Cl)cc1. The molecule has 7 heteroatoms. The number of carbonyl (C=O) groups is 2. The molecule has 4 rings (SSSR count). The lowest BCUT2D eigenvalue weighted by atomic mass is 9.88. The predicted molar refractivity (Wildman–Crippen MR) is 155 cm³/mol. The third-order valence-electron chi connectivity index (χ3n) is 7.11. The zero-order valence-electron chi connectivity index (χ0n) is 22.6. The Labute approximate surface area is 241 Å². The lowest BCUT2D eigenvalue weighted by Gasteiger charge is -2.47. The number of ether oxygens (including phenoxy) is 2. The Kier molecular flexibility index (Phi) is 10.1. The zero-order chi connectivity index (χ0) is 27.9. The molecule has 4 atom stereocenters. The number of halogens is 2. The summed E-state index contributed by atoms with van der Waals surface area (Å²) >= 11 is 12.5. The molecule has 0 N–H and O–H groups in total. The van der Waals surface area contributed by atoms with Crippen LogP contribution in [0.15, 0.2) is 72.8 Å². The van der Waals surface area contributed by atoms with Gasteiger partial charge in [0.2, 0.25) is 0 Å². The fraction of sp³-hybridized carbons (Fsp3) is 0.375. The lowest BCUT2D eigenvalue weighted by Crippen LogP contribution is -2.57. The maximum atomic E-state index is 14.3. The fourth-order valence-corrected chi connectivity index (χ4v) is 5.48. The van der Waals surface area contributed by atoms with E-state index in [9.17, 15) is 9.59 Å². The van der Waals surface area contributed by atoms with E-state index in [1.54, 1.807) is 24.0 Å². The Morgan fingerprint density at radius 2 is 1.54 bits per heavy atom. The first kappa shape index (κ1) is 29.1. The van der Waals surface area contributed by atoms with E-state index >= 15 is 0 Å². The van der Waals surface area contributed by atoms with E-state index < -0.39 is 30.3 Å². The average Bonchev–Trinajstić information content (AvgIpc) is 2.94. The Morgan fingerprint density at radius 1 is 0.923 bits per heavy atom. The van der Waals surface area contributed by atoms with Gasteiger partial charge in [0.05, 0.1) is 12.6 Å². The summed E-state index contributed by atoms with van der Waals surface area (Å²) in [5.41, 5.74) is 3.89. The van der Waals surface area contributed by atoms with Crippen molar-refractivity contribution in [1.82, 2.24) is 4.90 Å². The topological polar surface area (TPSA) is 55.8 Å². The van der Waals surface area contributed by atoms with Crippen LogP contribution in [0, 0.1) is 0 Å². The highest BCUT2D eigenvalue weighted by Crippen LogP contribution is 2.44. The molecule has 1 aliphatic heterocycles. The third-order valence-corrected chi connectivity index (χ3v) is 7.62. The van der Waals surface area contributed by atoms with Gasteiger partial charge in [-0.3, -0.25) is 4.79 Å². The molecule has 0 bridgehead atoms. The Hall–Kier alpha value is -2.86. The van der Waals surface area contributed by atoms with Gasteiger partial charge < -0.3 is 14.4 Å². The lowest BCUT2D eigenvalue weighted by molar-refractivity contribution is -0.186. The second-order valence-corrected chi connectivity index (χ2v) is 10.6. The maximum absolute atomic E-state index is 14.3. The summed E-state index contributed by atoms with van der Waals surface area (Å²) in [5.74, 6) is -0.635. The summed E-state index contributed by atoms with van der Waals surface area (Å²) < 4.78 is 12.2. The van der Waals surface area contributed by atoms with Gasteiger partial charge in [-0.15, -0.1) is 0 Å². The normalized spacial score (nSPS) is 20.1. The number of nitrogens with zero attached hydrogens (tertiary/aromatic N) is 1. The molecule has 4 unspecified atom stereocenters. The number of hydrogen-bond acceptors (Lipinski definition) is 4. The van der Waals surface area contributed by atoms with Crippen molar-refractivity contribution in [3.05, 3.63) is 105 Å². The molecule has 0 spiro atoms. The molecule has 1 fully saturated rings. The molecule has 1 amide bonds. The van der Waals surface area contributed by atoms with Crippen molar-refractivity contribution < 1.29 is 19.1 Å². The van der Waals surface area contributed by atoms with Crippen LogP contribution in [0.3, 0.4) is 0 Å². The maximum Gasteiger partial charge on any atom is 0.328 e. The van der Waals surface area contributed by atoms with Gasteiger partial charge in [0, 0.05) is 16.5 Å². The van der Waals surface area contributed by atoms with E-state index in [1.807, 2.05) is 55.5 Å². The molecule has 1 aliphatic rings. The van der Waals surface area contributed by atoms with E-state index in [1.165, 1.54) is 5.56 Å². The van der Waals surface area contributed by atoms with Crippen LogP contribution in [0.25, 0.3) is 0 Å². The monoisotopic (exact) mass is 567 g/mol. The Balaban J connectivity index is 1.86. The van der Waals surface area contributed by atoms with E-state index in [0.717, 1.165) is 23.1 Å². The average molecular weight is 569 g/mol. The summed E-state index contributed by atoms with van der Waals surface area (Å²) in [6, 6.07) is 21.7. The molecule has 0 aliphatic carbocycles. The third kappa shape index (κ3) is 6.84. The smallest absolute Gasteiger partial charge is 0.328 e. The van der Waals surface area contributed by atoms with Crippen molar-refractivity contribution in [3.63, 3.8) is 0 Å². The first-order valence-electron chi connectivity index (χ1n) is 13.6. The molecule has 5 nitrogen and oxygen atoms in total.